The molecule has 144 valence electrons. The number of hydrogen-bond donors (Lipinski definition) is 2. The smallest absolute Gasteiger partial charge is 0.279 e. The van der Waals surface area contributed by atoms with E-state index in [1.54, 1.807) is 18.2 Å². The van der Waals surface area contributed by atoms with Crippen LogP contribution in [0.1, 0.15) is 41.4 Å². The first-order valence-electron chi connectivity index (χ1n) is 9.28. The fourth-order valence-corrected chi connectivity index (χ4v) is 2.88. The molecule has 0 bridgehead atoms. The zero-order chi connectivity index (χ0) is 20.1. The molecule has 0 radical (unpaired) electrons. The number of carbonyl (C=O) groups excluding carboxylic acids is 1. The van der Waals surface area contributed by atoms with Crippen LogP contribution in [0.25, 0.3) is 5.69 Å². The number of benzene rings is 2. The Kier molecular flexibility index (Phi) is 5.89. The van der Waals surface area contributed by atoms with Crippen molar-refractivity contribution >= 4 is 11.6 Å². The number of anilines is 1. The van der Waals surface area contributed by atoms with E-state index in [0.717, 1.165) is 35.6 Å². The van der Waals surface area contributed by atoms with E-state index >= 15 is 0 Å². The lowest BCUT2D eigenvalue weighted by Crippen LogP contribution is -2.25. The lowest BCUT2D eigenvalue weighted by atomic mass is 10.1. The summed E-state index contributed by atoms with van der Waals surface area (Å²) >= 11 is 0. The van der Waals surface area contributed by atoms with Gasteiger partial charge in [0.25, 0.3) is 11.5 Å². The van der Waals surface area contributed by atoms with Crippen molar-refractivity contribution in [1.82, 2.24) is 9.78 Å². The molecule has 3 aromatic rings. The Morgan fingerprint density at radius 3 is 2.57 bits per heavy atom. The quantitative estimate of drug-likeness (QED) is 0.683. The molecular weight excluding hydrogens is 354 g/mol. The number of amides is 1. The highest BCUT2D eigenvalue weighted by Gasteiger charge is 2.17. The molecule has 0 unspecified atom stereocenters. The number of unbranched alkanes of at least 4 members (excludes halogenated alkanes) is 1. The molecule has 2 N–H and O–H groups in total. The number of aryl methyl sites for hydroxylation is 2. The predicted molar refractivity (Wildman–Crippen MR) is 109 cm³/mol. The maximum atomic E-state index is 12.6. The molecule has 0 saturated heterocycles. The van der Waals surface area contributed by atoms with Gasteiger partial charge in [0.05, 0.1) is 5.69 Å². The van der Waals surface area contributed by atoms with Crippen LogP contribution in [0.2, 0.25) is 0 Å². The van der Waals surface area contributed by atoms with Crippen LogP contribution in [0.15, 0.2) is 59.4 Å². The van der Waals surface area contributed by atoms with Crippen LogP contribution in [-0.2, 0) is 6.42 Å². The van der Waals surface area contributed by atoms with Gasteiger partial charge in [-0.3, -0.25) is 9.59 Å². The summed E-state index contributed by atoms with van der Waals surface area (Å²) in [7, 11) is 0. The summed E-state index contributed by atoms with van der Waals surface area (Å²) in [6.07, 6.45) is 3.23. The summed E-state index contributed by atoms with van der Waals surface area (Å²) in [6, 6.07) is 15.7. The zero-order valence-corrected chi connectivity index (χ0v) is 16.0. The van der Waals surface area contributed by atoms with Crippen LogP contribution >= 0.6 is 0 Å². The van der Waals surface area contributed by atoms with Crippen molar-refractivity contribution in [2.45, 2.75) is 33.1 Å². The van der Waals surface area contributed by atoms with Crippen LogP contribution in [0, 0.1) is 6.92 Å². The van der Waals surface area contributed by atoms with E-state index < -0.39 is 17.2 Å². The van der Waals surface area contributed by atoms with Crippen molar-refractivity contribution in [2.24, 2.45) is 0 Å². The maximum absolute atomic E-state index is 12.6. The van der Waals surface area contributed by atoms with Crippen LogP contribution in [0.3, 0.4) is 0 Å². The topological polar surface area (TPSA) is 84.2 Å². The molecular formula is C22H23N3O3. The van der Waals surface area contributed by atoms with Crippen molar-refractivity contribution in [2.75, 3.05) is 5.32 Å². The molecule has 0 spiro atoms. The number of aromatic nitrogens is 2. The van der Waals surface area contributed by atoms with Gasteiger partial charge < -0.3 is 10.4 Å². The molecule has 1 heterocycles. The van der Waals surface area contributed by atoms with Gasteiger partial charge in [-0.1, -0.05) is 37.6 Å². The van der Waals surface area contributed by atoms with Crippen molar-refractivity contribution in [1.29, 1.82) is 0 Å². The van der Waals surface area contributed by atoms with Crippen LogP contribution in [0.5, 0.6) is 5.75 Å². The highest BCUT2D eigenvalue weighted by molar-refractivity contribution is 6.04. The van der Waals surface area contributed by atoms with Gasteiger partial charge in [-0.15, -0.1) is 0 Å². The van der Waals surface area contributed by atoms with Gasteiger partial charge >= 0.3 is 0 Å². The lowest BCUT2D eigenvalue weighted by Gasteiger charge is -2.10. The predicted octanol–water partition coefficient (Wildman–Crippen LogP) is 3.84. The third kappa shape index (κ3) is 4.46. The first-order chi connectivity index (χ1) is 13.5. The number of hydrogen-bond acceptors (Lipinski definition) is 4. The minimum atomic E-state index is -0.583. The molecule has 0 aliphatic carbocycles. The standard InChI is InChI=1S/C22H23N3O3/c1-3-4-7-16-9-11-17(12-10-16)23-22(28)21-19(26)14-20(27)25(24-21)18-8-5-6-15(2)13-18/h5-6,8-14,26H,3-4,7H2,1-2H3,(H,23,28). The molecule has 0 aliphatic rings. The summed E-state index contributed by atoms with van der Waals surface area (Å²) in [5.74, 6) is -1.04. The highest BCUT2D eigenvalue weighted by Crippen LogP contribution is 2.17. The first-order valence-corrected chi connectivity index (χ1v) is 9.28. The summed E-state index contributed by atoms with van der Waals surface area (Å²) in [5.41, 5.74) is 2.55. The Morgan fingerprint density at radius 1 is 1.14 bits per heavy atom. The van der Waals surface area contributed by atoms with Gasteiger partial charge in [0.1, 0.15) is 0 Å². The van der Waals surface area contributed by atoms with Gasteiger partial charge in [0, 0.05) is 11.8 Å². The van der Waals surface area contributed by atoms with Crippen LogP contribution in [-0.4, -0.2) is 20.8 Å². The third-order valence-electron chi connectivity index (χ3n) is 4.40. The molecule has 0 saturated carbocycles. The monoisotopic (exact) mass is 377 g/mol. The van der Waals surface area contributed by atoms with E-state index in [4.69, 9.17) is 0 Å². The molecule has 6 nitrogen and oxygen atoms in total. The van der Waals surface area contributed by atoms with Gasteiger partial charge in [0.15, 0.2) is 11.4 Å². The number of nitrogens with zero attached hydrogens (tertiary/aromatic N) is 2. The average Bonchev–Trinajstić information content (AvgIpc) is 2.67. The molecule has 0 aliphatic heterocycles. The van der Waals surface area contributed by atoms with E-state index in [9.17, 15) is 14.7 Å². The molecule has 1 aromatic heterocycles. The van der Waals surface area contributed by atoms with Gasteiger partial charge in [-0.05, 0) is 55.2 Å². The minimum absolute atomic E-state index is 0.212. The molecule has 2 aromatic carbocycles. The molecule has 3 rings (SSSR count). The van der Waals surface area contributed by atoms with Crippen molar-refractivity contribution in [3.8, 4) is 11.4 Å². The van der Waals surface area contributed by atoms with E-state index in [1.165, 1.54) is 5.56 Å². The average molecular weight is 377 g/mol. The van der Waals surface area contributed by atoms with Gasteiger partial charge in [-0.2, -0.15) is 9.78 Å². The minimum Gasteiger partial charge on any atom is -0.505 e. The first kappa shape index (κ1) is 19.4. The number of nitrogens with one attached hydrogen (secondary N) is 1. The zero-order valence-electron chi connectivity index (χ0n) is 16.0. The van der Waals surface area contributed by atoms with Crippen molar-refractivity contribution in [3.05, 3.63) is 81.8 Å². The largest absolute Gasteiger partial charge is 0.505 e. The Hall–Kier alpha value is -3.41. The van der Waals surface area contributed by atoms with Crippen LogP contribution < -0.4 is 10.9 Å². The second-order valence-electron chi connectivity index (χ2n) is 6.72. The maximum Gasteiger partial charge on any atom is 0.279 e. The number of rotatable bonds is 6. The molecule has 0 atom stereocenters. The molecule has 0 fully saturated rings. The fourth-order valence-electron chi connectivity index (χ4n) is 2.88. The van der Waals surface area contributed by atoms with Crippen LogP contribution in [0.4, 0.5) is 5.69 Å². The normalized spacial score (nSPS) is 10.6. The van der Waals surface area contributed by atoms with E-state index in [1.807, 2.05) is 37.3 Å². The van der Waals surface area contributed by atoms with E-state index in [2.05, 4.69) is 17.3 Å². The Bertz CT molecular complexity index is 1040. The van der Waals surface area contributed by atoms with Crippen molar-refractivity contribution in [3.63, 3.8) is 0 Å². The summed E-state index contributed by atoms with van der Waals surface area (Å²) in [6.45, 7) is 4.04. The summed E-state index contributed by atoms with van der Waals surface area (Å²) in [5, 5.41) is 16.9. The van der Waals surface area contributed by atoms with Gasteiger partial charge in [-0.25, -0.2) is 0 Å². The Labute approximate surface area is 163 Å². The molecule has 1 amide bonds. The Morgan fingerprint density at radius 2 is 1.89 bits per heavy atom. The summed E-state index contributed by atoms with van der Waals surface area (Å²) in [4.78, 5) is 24.8. The number of carbonyl (C=O) groups is 1. The van der Waals surface area contributed by atoms with Crippen molar-refractivity contribution < 1.29 is 9.90 Å². The third-order valence-corrected chi connectivity index (χ3v) is 4.40. The number of aromatic hydroxyl groups is 1. The lowest BCUT2D eigenvalue weighted by molar-refractivity contribution is 0.101. The molecule has 28 heavy (non-hydrogen) atoms. The second kappa shape index (κ2) is 8.52. The SMILES string of the molecule is CCCCc1ccc(NC(=O)c2nn(-c3cccc(C)c3)c(=O)cc2O)cc1. The molecule has 6 heteroatoms. The van der Waals surface area contributed by atoms with Gasteiger partial charge in [0.2, 0.25) is 0 Å². The van der Waals surface area contributed by atoms with E-state index in [-0.39, 0.29) is 5.69 Å². The Balaban J connectivity index is 1.85. The highest BCUT2D eigenvalue weighted by atomic mass is 16.3. The fraction of sp³-hybridized carbons (Fsp3) is 0.227. The van der Waals surface area contributed by atoms with E-state index in [0.29, 0.717) is 11.4 Å². The summed E-state index contributed by atoms with van der Waals surface area (Å²) < 4.78 is 1.11. The second-order valence-corrected chi connectivity index (χ2v) is 6.72.